The normalized spacial score (nSPS) is 12.4. The third-order valence-corrected chi connectivity index (χ3v) is 3.96. The number of aromatic amines is 1. The summed E-state index contributed by atoms with van der Waals surface area (Å²) in [6.45, 7) is 8.83. The van der Waals surface area contributed by atoms with E-state index in [1.54, 1.807) is 0 Å². The van der Waals surface area contributed by atoms with Crippen LogP contribution in [0.3, 0.4) is 0 Å². The van der Waals surface area contributed by atoms with Gasteiger partial charge >= 0.3 is 0 Å². The lowest BCUT2D eigenvalue weighted by Gasteiger charge is -2.22. The van der Waals surface area contributed by atoms with Gasteiger partial charge in [0.15, 0.2) is 10.6 Å². The lowest BCUT2D eigenvalue weighted by Crippen LogP contribution is -2.33. The van der Waals surface area contributed by atoms with Crippen molar-refractivity contribution in [2.75, 3.05) is 0 Å². The molecule has 0 saturated heterocycles. The van der Waals surface area contributed by atoms with Crippen molar-refractivity contribution in [3.8, 4) is 0 Å². The number of aromatic nitrogens is 3. The molecule has 1 heterocycles. The molecular weight excluding hydrogens is 296 g/mol. The summed E-state index contributed by atoms with van der Waals surface area (Å²) >= 11 is 5.23. The van der Waals surface area contributed by atoms with Crippen LogP contribution in [-0.2, 0) is 6.54 Å². The minimum atomic E-state index is -0.193. The summed E-state index contributed by atoms with van der Waals surface area (Å²) < 4.78 is 2.49. The molecule has 118 valence electrons. The van der Waals surface area contributed by atoms with Crippen molar-refractivity contribution in [1.29, 1.82) is 0 Å². The molecule has 6 heteroatoms. The molecular formula is C16H22N4OS. The molecule has 1 aromatic carbocycles. The number of rotatable bonds is 5. The molecule has 2 rings (SSSR count). The highest BCUT2D eigenvalue weighted by atomic mass is 32.1. The maximum atomic E-state index is 12.5. The highest BCUT2D eigenvalue weighted by Crippen LogP contribution is 2.21. The molecule has 0 saturated carbocycles. The fraction of sp³-hybridized carbons (Fsp3) is 0.438. The Morgan fingerprint density at radius 2 is 2.00 bits per heavy atom. The van der Waals surface area contributed by atoms with Crippen molar-refractivity contribution in [3.05, 3.63) is 46.0 Å². The molecule has 0 spiro atoms. The Morgan fingerprint density at radius 1 is 1.36 bits per heavy atom. The molecule has 0 fully saturated rings. The number of aryl methyl sites for hydroxylation is 1. The number of carbonyl (C=O) groups excluding carboxylic acids is 1. The van der Waals surface area contributed by atoms with Crippen LogP contribution in [0.1, 0.15) is 48.6 Å². The molecule has 0 radical (unpaired) electrons. The molecule has 5 nitrogen and oxygen atoms in total. The van der Waals surface area contributed by atoms with Gasteiger partial charge in [0, 0.05) is 12.1 Å². The minimum absolute atomic E-state index is 0.102. The predicted molar refractivity (Wildman–Crippen MR) is 89.3 cm³/mol. The van der Waals surface area contributed by atoms with Crippen LogP contribution >= 0.6 is 12.2 Å². The van der Waals surface area contributed by atoms with Gasteiger partial charge in [-0.15, -0.1) is 0 Å². The zero-order valence-corrected chi connectivity index (χ0v) is 14.2. The van der Waals surface area contributed by atoms with Crippen molar-refractivity contribution in [3.63, 3.8) is 0 Å². The summed E-state index contributed by atoms with van der Waals surface area (Å²) in [7, 11) is 0. The number of hydrogen-bond acceptors (Lipinski definition) is 3. The Hall–Kier alpha value is -1.95. The van der Waals surface area contributed by atoms with E-state index in [1.807, 2.05) is 42.7 Å². The van der Waals surface area contributed by atoms with Crippen LogP contribution in [0.4, 0.5) is 0 Å². The average molecular weight is 318 g/mol. The molecule has 0 bridgehead atoms. The Bertz CT molecular complexity index is 700. The molecule has 22 heavy (non-hydrogen) atoms. The predicted octanol–water partition coefficient (Wildman–Crippen LogP) is 3.40. The Kier molecular flexibility index (Phi) is 5.13. The van der Waals surface area contributed by atoms with E-state index in [2.05, 4.69) is 29.4 Å². The fourth-order valence-electron chi connectivity index (χ4n) is 2.33. The molecule has 2 aromatic rings. The number of nitrogens with one attached hydrogen (secondary N) is 2. The van der Waals surface area contributed by atoms with Crippen molar-refractivity contribution >= 4 is 18.1 Å². The number of amides is 1. The van der Waals surface area contributed by atoms with Crippen molar-refractivity contribution in [2.45, 2.75) is 40.3 Å². The summed E-state index contributed by atoms with van der Waals surface area (Å²) in [6.07, 6.45) is 0. The topological polar surface area (TPSA) is 62.7 Å². The van der Waals surface area contributed by atoms with Crippen molar-refractivity contribution < 1.29 is 4.79 Å². The first kappa shape index (κ1) is 16.4. The van der Waals surface area contributed by atoms with E-state index >= 15 is 0 Å². The van der Waals surface area contributed by atoms with Crippen LogP contribution in [0.5, 0.6) is 0 Å². The maximum absolute atomic E-state index is 12.5. The first-order chi connectivity index (χ1) is 10.4. The standard InChI is InChI=1S/C16H22N4OS/c1-5-20-14(18-19-16(20)22)13(10(2)3)17-15(21)12-8-6-11(4)7-9-12/h6-10,13H,5H2,1-4H3,(H,17,21)(H,19,22). The first-order valence-electron chi connectivity index (χ1n) is 7.46. The summed E-state index contributed by atoms with van der Waals surface area (Å²) in [5.74, 6) is 0.864. The quantitative estimate of drug-likeness (QED) is 0.831. The number of carbonyl (C=O) groups is 1. The number of benzene rings is 1. The SMILES string of the molecule is CCn1c(C(NC(=O)c2ccc(C)cc2)C(C)C)n[nH]c1=S. The summed E-state index contributed by atoms with van der Waals surface area (Å²) in [6, 6.07) is 7.34. The van der Waals surface area contributed by atoms with Crippen LogP contribution in [0.2, 0.25) is 0 Å². The van der Waals surface area contributed by atoms with Gasteiger partial charge in [0.2, 0.25) is 0 Å². The second kappa shape index (κ2) is 6.87. The van der Waals surface area contributed by atoms with Gasteiger partial charge in [-0.25, -0.2) is 0 Å². The molecule has 1 unspecified atom stereocenters. The molecule has 1 amide bonds. The van der Waals surface area contributed by atoms with E-state index in [-0.39, 0.29) is 17.9 Å². The summed E-state index contributed by atoms with van der Waals surface area (Å²) in [5, 5.41) is 10.2. The fourth-order valence-corrected chi connectivity index (χ4v) is 2.60. The Labute approximate surface area is 135 Å². The van der Waals surface area contributed by atoms with Gasteiger partial charge in [0.05, 0.1) is 6.04 Å². The van der Waals surface area contributed by atoms with Crippen molar-refractivity contribution in [1.82, 2.24) is 20.1 Å². The monoisotopic (exact) mass is 318 g/mol. The third kappa shape index (κ3) is 3.44. The van der Waals surface area contributed by atoms with Crippen LogP contribution in [-0.4, -0.2) is 20.7 Å². The Morgan fingerprint density at radius 3 is 2.55 bits per heavy atom. The lowest BCUT2D eigenvalue weighted by molar-refractivity contribution is 0.0922. The number of nitrogens with zero attached hydrogens (tertiary/aromatic N) is 2. The highest BCUT2D eigenvalue weighted by molar-refractivity contribution is 7.71. The zero-order valence-electron chi connectivity index (χ0n) is 13.4. The van der Waals surface area contributed by atoms with Gasteiger partial charge in [-0.3, -0.25) is 9.89 Å². The van der Waals surface area contributed by atoms with E-state index in [4.69, 9.17) is 12.2 Å². The second-order valence-corrected chi connectivity index (χ2v) is 6.08. The highest BCUT2D eigenvalue weighted by Gasteiger charge is 2.24. The van der Waals surface area contributed by atoms with Gasteiger partial charge < -0.3 is 9.88 Å². The van der Waals surface area contributed by atoms with Crippen LogP contribution in [0, 0.1) is 17.6 Å². The molecule has 1 atom stereocenters. The number of hydrogen-bond donors (Lipinski definition) is 2. The van der Waals surface area contributed by atoms with Crippen LogP contribution < -0.4 is 5.32 Å². The van der Waals surface area contributed by atoms with Gasteiger partial charge in [0.25, 0.3) is 5.91 Å². The van der Waals surface area contributed by atoms with Gasteiger partial charge in [-0.1, -0.05) is 31.5 Å². The summed E-state index contributed by atoms with van der Waals surface area (Å²) in [4.78, 5) is 12.5. The molecule has 1 aromatic heterocycles. The average Bonchev–Trinajstić information content (AvgIpc) is 2.85. The summed E-state index contributed by atoms with van der Waals surface area (Å²) in [5.41, 5.74) is 1.78. The van der Waals surface area contributed by atoms with Crippen LogP contribution in [0.25, 0.3) is 0 Å². The molecule has 0 aliphatic heterocycles. The van der Waals surface area contributed by atoms with Crippen LogP contribution in [0.15, 0.2) is 24.3 Å². The van der Waals surface area contributed by atoms with Gasteiger partial charge in [0.1, 0.15) is 0 Å². The van der Waals surface area contributed by atoms with E-state index < -0.39 is 0 Å². The third-order valence-electron chi connectivity index (χ3n) is 3.65. The Balaban J connectivity index is 2.27. The van der Waals surface area contributed by atoms with E-state index in [0.717, 1.165) is 11.4 Å². The number of H-pyrrole nitrogens is 1. The molecule has 0 aliphatic rings. The van der Waals surface area contributed by atoms with E-state index in [1.165, 1.54) is 0 Å². The zero-order chi connectivity index (χ0) is 16.3. The van der Waals surface area contributed by atoms with Gasteiger partial charge in [-0.05, 0) is 44.1 Å². The lowest BCUT2D eigenvalue weighted by atomic mass is 10.0. The van der Waals surface area contributed by atoms with Gasteiger partial charge in [-0.2, -0.15) is 5.10 Å². The van der Waals surface area contributed by atoms with E-state index in [0.29, 0.717) is 16.9 Å². The van der Waals surface area contributed by atoms with Crippen molar-refractivity contribution in [2.24, 2.45) is 5.92 Å². The minimum Gasteiger partial charge on any atom is -0.342 e. The van der Waals surface area contributed by atoms with E-state index in [9.17, 15) is 4.79 Å². The maximum Gasteiger partial charge on any atom is 0.251 e. The first-order valence-corrected chi connectivity index (χ1v) is 7.87. The molecule has 2 N–H and O–H groups in total. The molecule has 0 aliphatic carbocycles. The largest absolute Gasteiger partial charge is 0.342 e. The smallest absolute Gasteiger partial charge is 0.251 e. The second-order valence-electron chi connectivity index (χ2n) is 5.69.